The van der Waals surface area contributed by atoms with Crippen molar-refractivity contribution < 1.29 is 9.90 Å². The van der Waals surface area contributed by atoms with Gasteiger partial charge in [0.15, 0.2) is 0 Å². The van der Waals surface area contributed by atoms with Gasteiger partial charge in [-0.3, -0.25) is 10.6 Å². The largest absolute Gasteiger partial charge is 0.480 e. The topological polar surface area (TPSA) is 92.6 Å². The van der Waals surface area contributed by atoms with Gasteiger partial charge in [-0.15, -0.1) is 0 Å². The third-order valence-corrected chi connectivity index (χ3v) is 2.27. The van der Waals surface area contributed by atoms with Crippen molar-refractivity contribution in [3.05, 3.63) is 0 Å². The predicted molar refractivity (Wildman–Crippen MR) is 44.1 cm³/mol. The summed E-state index contributed by atoms with van der Waals surface area (Å²) in [5.74, 6) is 4.66. The fourth-order valence-corrected chi connectivity index (χ4v) is 1.51. The van der Waals surface area contributed by atoms with Crippen LogP contribution in [-0.2, 0) is 4.79 Å². The Morgan fingerprint density at radius 1 is 1.75 bits per heavy atom. The van der Waals surface area contributed by atoms with Gasteiger partial charge in [-0.2, -0.15) is 0 Å². The molecule has 5 nitrogen and oxygen atoms in total. The fraction of sp³-hybridized carbons (Fsp3) is 0.857. The summed E-state index contributed by atoms with van der Waals surface area (Å²) in [6, 6.07) is -0.629. The second-order valence-corrected chi connectivity index (χ2v) is 3.21. The fourth-order valence-electron chi connectivity index (χ4n) is 1.51. The molecule has 70 valence electrons. The summed E-state index contributed by atoms with van der Waals surface area (Å²) < 4.78 is 0. The first-order chi connectivity index (χ1) is 5.61. The molecule has 1 aliphatic heterocycles. The average Bonchev–Trinajstić information content (AvgIpc) is 2.36. The van der Waals surface area contributed by atoms with Crippen LogP contribution in [0.5, 0.6) is 0 Å². The Bertz CT molecular complexity index is 174. The van der Waals surface area contributed by atoms with Crippen LogP contribution in [0.1, 0.15) is 19.3 Å². The molecule has 0 saturated carbocycles. The molecule has 2 unspecified atom stereocenters. The van der Waals surface area contributed by atoms with Gasteiger partial charge in [-0.1, -0.05) is 0 Å². The Morgan fingerprint density at radius 3 is 2.83 bits per heavy atom. The summed E-state index contributed by atoms with van der Waals surface area (Å²) in [6.45, 7) is 0.844. The van der Waals surface area contributed by atoms with Gasteiger partial charge in [0.25, 0.3) is 0 Å². The van der Waals surface area contributed by atoms with E-state index in [1.54, 1.807) is 5.01 Å². The molecule has 1 heterocycles. The highest BCUT2D eigenvalue weighted by Crippen LogP contribution is 2.16. The zero-order chi connectivity index (χ0) is 9.14. The molecule has 12 heavy (non-hydrogen) atoms. The standard InChI is InChI=1S/C7H15N3O2/c8-6(7(11)12)4-5-2-1-3-10(5)9/h5-6H,1-4,8-9H2,(H,11,12). The molecule has 0 amide bonds. The molecule has 0 aromatic heterocycles. The second-order valence-electron chi connectivity index (χ2n) is 3.21. The minimum atomic E-state index is -0.949. The third-order valence-electron chi connectivity index (χ3n) is 2.27. The number of rotatable bonds is 3. The van der Waals surface area contributed by atoms with Crippen LogP contribution < -0.4 is 11.6 Å². The van der Waals surface area contributed by atoms with E-state index in [9.17, 15) is 4.79 Å². The van der Waals surface area contributed by atoms with E-state index in [0.717, 1.165) is 19.4 Å². The SMILES string of the molecule is NC(CC1CCCN1N)C(=O)O. The Morgan fingerprint density at radius 2 is 2.42 bits per heavy atom. The Hall–Kier alpha value is -0.650. The van der Waals surface area contributed by atoms with Gasteiger partial charge in [-0.05, 0) is 19.3 Å². The lowest BCUT2D eigenvalue weighted by Crippen LogP contribution is -2.42. The van der Waals surface area contributed by atoms with Crippen molar-refractivity contribution >= 4 is 5.97 Å². The molecule has 2 atom stereocenters. The predicted octanol–water partition coefficient (Wildman–Crippen LogP) is -0.873. The van der Waals surface area contributed by atoms with E-state index in [1.165, 1.54) is 0 Å². The van der Waals surface area contributed by atoms with E-state index in [1.807, 2.05) is 0 Å². The van der Waals surface area contributed by atoms with Crippen LogP contribution in [0.3, 0.4) is 0 Å². The number of hydrazine groups is 1. The quantitative estimate of drug-likeness (QED) is 0.482. The van der Waals surface area contributed by atoms with Crippen molar-refractivity contribution in [3.63, 3.8) is 0 Å². The molecule has 0 spiro atoms. The number of hydrogen-bond donors (Lipinski definition) is 3. The van der Waals surface area contributed by atoms with Gasteiger partial charge in [0.2, 0.25) is 0 Å². The van der Waals surface area contributed by atoms with Crippen molar-refractivity contribution in [2.75, 3.05) is 6.54 Å². The Balaban J connectivity index is 2.35. The molecule has 0 aliphatic carbocycles. The Labute approximate surface area is 71.3 Å². The normalized spacial score (nSPS) is 27.3. The maximum absolute atomic E-state index is 10.4. The summed E-state index contributed by atoms with van der Waals surface area (Å²) >= 11 is 0. The van der Waals surface area contributed by atoms with Gasteiger partial charge in [0, 0.05) is 12.6 Å². The van der Waals surface area contributed by atoms with Crippen LogP contribution >= 0.6 is 0 Å². The van der Waals surface area contributed by atoms with E-state index in [-0.39, 0.29) is 6.04 Å². The number of carboxylic acids is 1. The lowest BCUT2D eigenvalue weighted by molar-refractivity contribution is -0.139. The van der Waals surface area contributed by atoms with Gasteiger partial charge in [-0.25, -0.2) is 5.01 Å². The first-order valence-electron chi connectivity index (χ1n) is 4.11. The minimum absolute atomic E-state index is 0.149. The molecule has 5 N–H and O–H groups in total. The summed E-state index contributed by atoms with van der Waals surface area (Å²) in [6.07, 6.45) is 2.44. The maximum Gasteiger partial charge on any atom is 0.320 e. The maximum atomic E-state index is 10.4. The van der Waals surface area contributed by atoms with E-state index in [0.29, 0.717) is 6.42 Å². The second kappa shape index (κ2) is 3.84. The number of aliphatic carboxylic acids is 1. The number of carbonyl (C=O) groups is 1. The van der Waals surface area contributed by atoms with E-state index in [4.69, 9.17) is 16.7 Å². The number of carboxylic acid groups (broad SMARTS) is 1. The molecular formula is C7H15N3O2. The van der Waals surface area contributed by atoms with Gasteiger partial charge < -0.3 is 10.8 Å². The monoisotopic (exact) mass is 173 g/mol. The Kier molecular flexibility index (Phi) is 3.02. The van der Waals surface area contributed by atoms with Crippen LogP contribution in [-0.4, -0.2) is 34.7 Å². The molecule has 1 saturated heterocycles. The number of hydrogen-bond acceptors (Lipinski definition) is 4. The molecule has 0 aromatic rings. The van der Waals surface area contributed by atoms with Gasteiger partial charge >= 0.3 is 5.97 Å². The highest BCUT2D eigenvalue weighted by atomic mass is 16.4. The highest BCUT2D eigenvalue weighted by Gasteiger charge is 2.25. The van der Waals surface area contributed by atoms with Crippen LogP contribution in [0, 0.1) is 0 Å². The zero-order valence-electron chi connectivity index (χ0n) is 6.94. The van der Waals surface area contributed by atoms with Crippen LogP contribution in [0.4, 0.5) is 0 Å². The minimum Gasteiger partial charge on any atom is -0.480 e. The molecule has 1 fully saturated rings. The van der Waals surface area contributed by atoms with Gasteiger partial charge in [0.05, 0.1) is 0 Å². The molecule has 0 aromatic carbocycles. The van der Waals surface area contributed by atoms with Crippen LogP contribution in [0.2, 0.25) is 0 Å². The average molecular weight is 173 g/mol. The van der Waals surface area contributed by atoms with Crippen LogP contribution in [0.15, 0.2) is 0 Å². The number of nitrogens with two attached hydrogens (primary N) is 2. The van der Waals surface area contributed by atoms with Crippen molar-refractivity contribution in [2.24, 2.45) is 11.6 Å². The summed E-state index contributed by atoms with van der Waals surface area (Å²) in [4.78, 5) is 10.4. The molecule has 0 bridgehead atoms. The number of nitrogens with zero attached hydrogens (tertiary/aromatic N) is 1. The molecule has 1 aliphatic rings. The van der Waals surface area contributed by atoms with E-state index in [2.05, 4.69) is 0 Å². The summed E-state index contributed by atoms with van der Waals surface area (Å²) in [5.41, 5.74) is 5.38. The van der Waals surface area contributed by atoms with E-state index >= 15 is 0 Å². The molecular weight excluding hydrogens is 158 g/mol. The summed E-state index contributed by atoms with van der Waals surface area (Å²) in [5, 5.41) is 10.2. The van der Waals surface area contributed by atoms with Crippen molar-refractivity contribution in [1.82, 2.24) is 5.01 Å². The smallest absolute Gasteiger partial charge is 0.320 e. The van der Waals surface area contributed by atoms with Crippen molar-refractivity contribution in [3.8, 4) is 0 Å². The van der Waals surface area contributed by atoms with Gasteiger partial charge in [0.1, 0.15) is 6.04 Å². The molecule has 1 rings (SSSR count). The van der Waals surface area contributed by atoms with E-state index < -0.39 is 12.0 Å². The van der Waals surface area contributed by atoms with Crippen molar-refractivity contribution in [1.29, 1.82) is 0 Å². The first kappa shape index (κ1) is 9.44. The summed E-state index contributed by atoms with van der Waals surface area (Å²) in [7, 11) is 0. The lowest BCUT2D eigenvalue weighted by atomic mass is 10.1. The van der Waals surface area contributed by atoms with Crippen LogP contribution in [0.25, 0.3) is 0 Å². The first-order valence-corrected chi connectivity index (χ1v) is 4.11. The third kappa shape index (κ3) is 2.17. The zero-order valence-corrected chi connectivity index (χ0v) is 6.94. The van der Waals surface area contributed by atoms with Crippen molar-refractivity contribution in [2.45, 2.75) is 31.3 Å². The lowest BCUT2D eigenvalue weighted by Gasteiger charge is -2.20. The molecule has 5 heteroatoms. The highest BCUT2D eigenvalue weighted by molar-refractivity contribution is 5.73. The molecule has 0 radical (unpaired) electrons.